The van der Waals surface area contributed by atoms with Gasteiger partial charge in [0.2, 0.25) is 0 Å². The largest absolute Gasteiger partial charge is 0.405 e. The molecule has 0 amide bonds. The van der Waals surface area contributed by atoms with Gasteiger partial charge < -0.3 is 24.4 Å². The zero-order valence-corrected chi connectivity index (χ0v) is 23.0. The van der Waals surface area contributed by atoms with Crippen LogP contribution in [0.3, 0.4) is 0 Å². The molecule has 196 valence electrons. The van der Waals surface area contributed by atoms with E-state index in [1.165, 1.54) is 14.9 Å². The monoisotopic (exact) mass is 521 g/mol. The van der Waals surface area contributed by atoms with Crippen molar-refractivity contribution >= 4 is 24.5 Å². The maximum absolute atomic E-state index is 12.7. The van der Waals surface area contributed by atoms with E-state index in [9.17, 15) is 4.79 Å². The van der Waals surface area contributed by atoms with Gasteiger partial charge in [-0.25, -0.2) is 4.79 Å². The van der Waals surface area contributed by atoms with Gasteiger partial charge in [0, 0.05) is 6.20 Å². The first kappa shape index (κ1) is 25.8. The van der Waals surface area contributed by atoms with Crippen molar-refractivity contribution in [1.29, 1.82) is 0 Å². The average molecular weight is 522 g/mol. The van der Waals surface area contributed by atoms with Crippen molar-refractivity contribution in [3.05, 3.63) is 83.4 Å². The number of hydrogen-bond acceptors (Lipinski definition) is 7. The molecule has 2 N–H and O–H groups in total. The zero-order chi connectivity index (χ0) is 26.4. The summed E-state index contributed by atoms with van der Waals surface area (Å²) in [4.78, 5) is 16.5. The van der Waals surface area contributed by atoms with Crippen molar-refractivity contribution in [3.63, 3.8) is 0 Å². The van der Waals surface area contributed by atoms with Gasteiger partial charge in [-0.2, -0.15) is 4.98 Å². The van der Waals surface area contributed by atoms with Crippen LogP contribution in [0, 0.1) is 0 Å². The lowest BCUT2D eigenvalue weighted by molar-refractivity contribution is -0.200. The predicted octanol–water partition coefficient (Wildman–Crippen LogP) is 2.82. The normalized spacial score (nSPS) is 25.2. The van der Waals surface area contributed by atoms with Crippen molar-refractivity contribution in [2.75, 3.05) is 12.3 Å². The lowest BCUT2D eigenvalue weighted by Gasteiger charge is -2.43. The molecule has 0 unspecified atom stereocenters. The highest BCUT2D eigenvalue weighted by molar-refractivity contribution is 6.99. The summed E-state index contributed by atoms with van der Waals surface area (Å²) >= 11 is 0. The summed E-state index contributed by atoms with van der Waals surface area (Å²) in [6.07, 6.45) is -0.483. The number of fused-ring (bicyclic) bond motifs is 1. The number of rotatable bonds is 6. The Labute approximate surface area is 218 Å². The number of benzene rings is 2. The van der Waals surface area contributed by atoms with Gasteiger partial charge in [0.1, 0.15) is 24.1 Å². The summed E-state index contributed by atoms with van der Waals surface area (Å²) in [6.45, 7) is 10.7. The van der Waals surface area contributed by atoms with E-state index in [2.05, 4.69) is 74.3 Å². The van der Waals surface area contributed by atoms with E-state index in [0.717, 1.165) is 0 Å². The number of aromatic nitrogens is 2. The highest BCUT2D eigenvalue weighted by atomic mass is 28.4. The maximum atomic E-state index is 12.7. The fraction of sp³-hybridized carbons (Fsp3) is 0.429. The van der Waals surface area contributed by atoms with Gasteiger partial charge in [-0.1, -0.05) is 81.4 Å². The fourth-order valence-corrected chi connectivity index (χ4v) is 10.2. The maximum Gasteiger partial charge on any atom is 0.351 e. The predicted molar refractivity (Wildman–Crippen MR) is 144 cm³/mol. The molecular weight excluding hydrogens is 486 g/mol. The molecule has 8 nitrogen and oxygen atoms in total. The van der Waals surface area contributed by atoms with E-state index >= 15 is 0 Å². The molecule has 3 aromatic rings. The second kappa shape index (κ2) is 9.49. The van der Waals surface area contributed by atoms with Crippen molar-refractivity contribution in [3.8, 4) is 0 Å². The molecule has 2 aliphatic heterocycles. The van der Waals surface area contributed by atoms with Crippen LogP contribution in [0.1, 0.15) is 40.8 Å². The molecule has 0 aliphatic carbocycles. The molecule has 0 radical (unpaired) electrons. The summed E-state index contributed by atoms with van der Waals surface area (Å²) in [5.41, 5.74) is 5.22. The van der Waals surface area contributed by atoms with E-state index in [1.807, 2.05) is 26.0 Å². The Morgan fingerprint density at radius 2 is 1.54 bits per heavy atom. The Balaban J connectivity index is 1.52. The summed E-state index contributed by atoms with van der Waals surface area (Å²) < 4.78 is 27.5. The third kappa shape index (κ3) is 4.66. The zero-order valence-electron chi connectivity index (χ0n) is 22.0. The number of hydrogen-bond donors (Lipinski definition) is 1. The number of nitrogens with zero attached hydrogens (tertiary/aromatic N) is 2. The topological polar surface area (TPSA) is 97.8 Å². The molecule has 2 saturated heterocycles. The average Bonchev–Trinajstić information content (AvgIpc) is 3.33. The highest BCUT2D eigenvalue weighted by Crippen LogP contribution is 2.44. The minimum absolute atomic E-state index is 0.159. The molecule has 5 rings (SSSR count). The number of ether oxygens (including phenoxy) is 3. The Bertz CT molecular complexity index is 1250. The number of nitrogens with two attached hydrogens (primary N) is 1. The summed E-state index contributed by atoms with van der Waals surface area (Å²) in [5.74, 6) is -0.663. The van der Waals surface area contributed by atoms with Crippen LogP contribution in [-0.4, -0.2) is 48.6 Å². The van der Waals surface area contributed by atoms with E-state index in [0.29, 0.717) is 0 Å². The molecule has 2 aliphatic rings. The number of anilines is 1. The van der Waals surface area contributed by atoms with Crippen LogP contribution in [0.2, 0.25) is 5.04 Å². The fourth-order valence-electron chi connectivity index (χ4n) is 5.61. The second-order valence-corrected chi connectivity index (χ2v) is 15.5. The molecule has 37 heavy (non-hydrogen) atoms. The number of nitrogen functional groups attached to an aromatic ring is 1. The minimum atomic E-state index is -2.79. The molecule has 2 aromatic carbocycles. The third-order valence-corrected chi connectivity index (χ3v) is 12.1. The van der Waals surface area contributed by atoms with Crippen LogP contribution in [0.4, 0.5) is 5.82 Å². The lowest BCUT2D eigenvalue weighted by Crippen LogP contribution is -2.67. The van der Waals surface area contributed by atoms with E-state index in [4.69, 9.17) is 24.4 Å². The van der Waals surface area contributed by atoms with Crippen molar-refractivity contribution in [2.24, 2.45) is 0 Å². The van der Waals surface area contributed by atoms with E-state index in [1.54, 1.807) is 12.3 Å². The van der Waals surface area contributed by atoms with Crippen molar-refractivity contribution in [2.45, 2.75) is 70.0 Å². The Kier molecular flexibility index (Phi) is 6.62. The highest BCUT2D eigenvalue weighted by Gasteiger charge is 2.58. The molecule has 4 atom stereocenters. The first-order valence-electron chi connectivity index (χ1n) is 12.6. The van der Waals surface area contributed by atoms with Crippen LogP contribution in [0.5, 0.6) is 0 Å². The quantitative estimate of drug-likeness (QED) is 0.498. The van der Waals surface area contributed by atoms with Crippen molar-refractivity contribution < 1.29 is 18.6 Å². The molecule has 0 bridgehead atoms. The van der Waals surface area contributed by atoms with Crippen LogP contribution in [-0.2, 0) is 18.6 Å². The van der Waals surface area contributed by atoms with Crippen molar-refractivity contribution in [1.82, 2.24) is 9.55 Å². The van der Waals surface area contributed by atoms with Crippen LogP contribution in [0.15, 0.2) is 77.7 Å². The van der Waals surface area contributed by atoms with Crippen LogP contribution >= 0.6 is 0 Å². The molecule has 0 spiro atoms. The standard InChI is InChI=1S/C28H35N3O5Si/c1-27(2,3)37(19-12-8-6-9-13-19,20-14-10-7-11-15-20)33-18-21-23-24(36-28(4,5)35-23)25(34-21)31-17-16-22(29)30-26(31)32/h6-17,21,23-25H,18H2,1-5H3,(H2,29,30,32)/t21-,23-,24-,25-/m1/s1. The second-order valence-electron chi connectivity index (χ2n) is 11.1. The Morgan fingerprint density at radius 3 is 2.08 bits per heavy atom. The van der Waals surface area contributed by atoms with Gasteiger partial charge in [0.15, 0.2) is 12.0 Å². The lowest BCUT2D eigenvalue weighted by atomic mass is 10.1. The van der Waals surface area contributed by atoms with Gasteiger partial charge in [-0.05, 0) is 35.3 Å². The molecule has 1 aromatic heterocycles. The van der Waals surface area contributed by atoms with E-state index in [-0.39, 0.29) is 17.5 Å². The van der Waals surface area contributed by atoms with Gasteiger partial charge in [0.05, 0.1) is 6.61 Å². The Hall–Kier alpha value is -2.82. The first-order valence-corrected chi connectivity index (χ1v) is 14.5. The summed E-state index contributed by atoms with van der Waals surface area (Å²) in [6, 6.07) is 22.5. The van der Waals surface area contributed by atoms with Gasteiger partial charge >= 0.3 is 5.69 Å². The SMILES string of the molecule is CC1(C)O[C@@H]2[C@H](O1)[C@@H](CO[Si](c1ccccc1)(c1ccccc1)C(C)(C)C)O[C@H]2n1ccc(N)nc1=O. The first-order chi connectivity index (χ1) is 17.5. The van der Waals surface area contributed by atoms with Crippen LogP contribution < -0.4 is 21.8 Å². The molecular formula is C28H35N3O5Si. The molecule has 2 fully saturated rings. The third-order valence-electron chi connectivity index (χ3n) is 7.13. The molecule has 9 heteroatoms. The van der Waals surface area contributed by atoms with E-state index < -0.39 is 44.3 Å². The van der Waals surface area contributed by atoms with Gasteiger partial charge in [-0.3, -0.25) is 4.57 Å². The molecule has 0 saturated carbocycles. The smallest absolute Gasteiger partial charge is 0.351 e. The summed E-state index contributed by atoms with van der Waals surface area (Å²) in [7, 11) is -2.79. The minimum Gasteiger partial charge on any atom is -0.405 e. The van der Waals surface area contributed by atoms with Gasteiger partial charge in [-0.15, -0.1) is 0 Å². The molecule has 3 heterocycles. The van der Waals surface area contributed by atoms with Gasteiger partial charge in [0.25, 0.3) is 8.32 Å². The summed E-state index contributed by atoms with van der Waals surface area (Å²) in [5, 5.41) is 2.18. The Morgan fingerprint density at radius 1 is 0.973 bits per heavy atom. The van der Waals surface area contributed by atoms with Crippen LogP contribution in [0.25, 0.3) is 0 Å².